The third-order valence-electron chi connectivity index (χ3n) is 4.74. The Kier molecular flexibility index (Phi) is 5.16. The van der Waals surface area contributed by atoms with Crippen molar-refractivity contribution in [2.24, 2.45) is 5.41 Å². The first-order valence-electron chi connectivity index (χ1n) is 7.63. The first-order chi connectivity index (χ1) is 10.7. The van der Waals surface area contributed by atoms with Crippen LogP contribution in [0, 0.1) is 5.41 Å². The highest BCUT2D eigenvalue weighted by Gasteiger charge is 2.66. The normalized spacial score (nSPS) is 25.5. The second-order valence-electron chi connectivity index (χ2n) is 6.44. The highest BCUT2D eigenvalue weighted by Crippen LogP contribution is 2.51. The van der Waals surface area contributed by atoms with Crippen molar-refractivity contribution in [3.05, 3.63) is 34.3 Å². The van der Waals surface area contributed by atoms with Gasteiger partial charge < -0.3 is 15.2 Å². The molecule has 0 heterocycles. The van der Waals surface area contributed by atoms with Crippen molar-refractivity contribution in [1.29, 1.82) is 0 Å². The van der Waals surface area contributed by atoms with Crippen molar-refractivity contribution in [3.63, 3.8) is 0 Å². The van der Waals surface area contributed by atoms with Crippen molar-refractivity contribution in [1.82, 2.24) is 5.32 Å². The van der Waals surface area contributed by atoms with E-state index in [-0.39, 0.29) is 24.9 Å². The second-order valence-corrected chi connectivity index (χ2v) is 7.35. The van der Waals surface area contributed by atoms with E-state index in [1.807, 2.05) is 45.0 Å². The lowest BCUT2D eigenvalue weighted by Gasteiger charge is -2.58. The molecule has 23 heavy (non-hydrogen) atoms. The number of hydrogen-bond acceptors (Lipinski definition) is 3. The molecule has 0 bridgehead atoms. The van der Waals surface area contributed by atoms with Gasteiger partial charge in [0.1, 0.15) is 5.54 Å². The zero-order valence-electron chi connectivity index (χ0n) is 13.6. The Balaban J connectivity index is 2.12. The van der Waals surface area contributed by atoms with Crippen LogP contribution in [0.15, 0.2) is 28.7 Å². The molecule has 0 saturated heterocycles. The lowest BCUT2D eigenvalue weighted by atomic mass is 9.54. The molecule has 0 aromatic heterocycles. The Hall–Kier alpha value is -1.40. The number of hydrogen-bond donors (Lipinski definition) is 2. The Morgan fingerprint density at radius 3 is 2.65 bits per heavy atom. The molecular weight excluding hydrogens is 362 g/mol. The zero-order valence-corrected chi connectivity index (χ0v) is 15.1. The minimum Gasteiger partial charge on any atom is -0.479 e. The number of rotatable bonds is 6. The number of carboxylic acids is 1. The summed E-state index contributed by atoms with van der Waals surface area (Å²) >= 11 is 3.36. The summed E-state index contributed by atoms with van der Waals surface area (Å²) in [5.74, 6) is -1.31. The molecule has 1 aliphatic carbocycles. The van der Waals surface area contributed by atoms with Crippen LogP contribution in [-0.4, -0.2) is 35.2 Å². The summed E-state index contributed by atoms with van der Waals surface area (Å²) in [6.07, 6.45) is 0.256. The Morgan fingerprint density at radius 2 is 2.13 bits per heavy atom. The number of ether oxygens (including phenoxy) is 1. The average molecular weight is 384 g/mol. The lowest BCUT2D eigenvalue weighted by Crippen LogP contribution is -2.76. The fourth-order valence-corrected chi connectivity index (χ4v) is 3.60. The van der Waals surface area contributed by atoms with Gasteiger partial charge in [-0.2, -0.15) is 0 Å². The van der Waals surface area contributed by atoms with Crippen LogP contribution in [0.1, 0.15) is 32.8 Å². The quantitative estimate of drug-likeness (QED) is 0.791. The van der Waals surface area contributed by atoms with Crippen molar-refractivity contribution < 1.29 is 19.4 Å². The van der Waals surface area contributed by atoms with Gasteiger partial charge in [0.2, 0.25) is 5.91 Å². The van der Waals surface area contributed by atoms with Gasteiger partial charge in [0.05, 0.1) is 12.5 Å². The summed E-state index contributed by atoms with van der Waals surface area (Å²) < 4.78 is 6.48. The van der Waals surface area contributed by atoms with E-state index in [1.165, 1.54) is 0 Å². The molecule has 2 N–H and O–H groups in total. The van der Waals surface area contributed by atoms with Gasteiger partial charge in [0, 0.05) is 22.9 Å². The molecule has 126 valence electrons. The van der Waals surface area contributed by atoms with E-state index in [2.05, 4.69) is 21.2 Å². The fourth-order valence-electron chi connectivity index (χ4n) is 3.15. The maximum Gasteiger partial charge on any atom is 0.330 e. The van der Waals surface area contributed by atoms with Gasteiger partial charge in [0.15, 0.2) is 0 Å². The van der Waals surface area contributed by atoms with Crippen molar-refractivity contribution in [2.75, 3.05) is 6.61 Å². The molecule has 1 aromatic rings. The summed E-state index contributed by atoms with van der Waals surface area (Å²) in [6.45, 7) is 6.05. The van der Waals surface area contributed by atoms with Gasteiger partial charge in [-0.15, -0.1) is 0 Å². The van der Waals surface area contributed by atoms with Crippen LogP contribution in [0.25, 0.3) is 0 Å². The number of carboxylic acid groups (broad SMARTS) is 1. The van der Waals surface area contributed by atoms with Crippen LogP contribution in [0.5, 0.6) is 0 Å². The standard InChI is InChI=1S/C17H22BrNO4/c1-4-23-13-10-17(15(21)22,16(13,2)3)19-14(20)9-11-6-5-7-12(18)8-11/h5-8,13H,4,9-10H2,1-3H3,(H,19,20)(H,21,22). The number of carbonyl (C=O) groups excluding carboxylic acids is 1. The molecule has 1 fully saturated rings. The van der Waals surface area contributed by atoms with Gasteiger partial charge in [0.25, 0.3) is 0 Å². The number of nitrogens with one attached hydrogen (secondary N) is 1. The maximum absolute atomic E-state index is 12.4. The zero-order chi connectivity index (χ0) is 17.3. The van der Waals surface area contributed by atoms with Crippen LogP contribution in [-0.2, 0) is 20.7 Å². The molecular formula is C17H22BrNO4. The van der Waals surface area contributed by atoms with E-state index in [0.717, 1.165) is 10.0 Å². The second kappa shape index (κ2) is 6.61. The molecule has 1 aliphatic rings. The molecule has 6 heteroatoms. The summed E-state index contributed by atoms with van der Waals surface area (Å²) in [7, 11) is 0. The van der Waals surface area contributed by atoms with Gasteiger partial charge in [-0.25, -0.2) is 4.79 Å². The van der Waals surface area contributed by atoms with Crippen LogP contribution < -0.4 is 5.32 Å². The number of amides is 1. The predicted octanol–water partition coefficient (Wildman–Crippen LogP) is 2.77. The Morgan fingerprint density at radius 1 is 1.43 bits per heavy atom. The topological polar surface area (TPSA) is 75.6 Å². The van der Waals surface area contributed by atoms with Crippen molar-refractivity contribution in [2.45, 2.75) is 45.3 Å². The highest BCUT2D eigenvalue weighted by atomic mass is 79.9. The van der Waals surface area contributed by atoms with Gasteiger partial charge >= 0.3 is 5.97 Å². The lowest BCUT2D eigenvalue weighted by molar-refractivity contribution is -0.194. The fraction of sp³-hybridized carbons (Fsp3) is 0.529. The van der Waals surface area contributed by atoms with E-state index >= 15 is 0 Å². The number of benzene rings is 1. The summed E-state index contributed by atoms with van der Waals surface area (Å²) in [5, 5.41) is 12.4. The Bertz CT molecular complexity index is 616. The first kappa shape index (κ1) is 17.9. The molecule has 1 amide bonds. The monoisotopic (exact) mass is 383 g/mol. The smallest absolute Gasteiger partial charge is 0.330 e. The van der Waals surface area contributed by atoms with Crippen LogP contribution in [0.3, 0.4) is 0 Å². The average Bonchev–Trinajstić information content (AvgIpc) is 2.45. The van der Waals surface area contributed by atoms with E-state index < -0.39 is 16.9 Å². The van der Waals surface area contributed by atoms with Gasteiger partial charge in [-0.1, -0.05) is 41.9 Å². The Labute approximate surface area is 144 Å². The summed E-state index contributed by atoms with van der Waals surface area (Å²) in [4.78, 5) is 24.2. The van der Waals surface area contributed by atoms with E-state index in [4.69, 9.17) is 4.74 Å². The van der Waals surface area contributed by atoms with Crippen LogP contribution in [0.2, 0.25) is 0 Å². The van der Waals surface area contributed by atoms with E-state index in [9.17, 15) is 14.7 Å². The third kappa shape index (κ3) is 3.28. The number of halogens is 1. The molecule has 5 nitrogen and oxygen atoms in total. The molecule has 1 saturated carbocycles. The number of aliphatic carboxylic acids is 1. The molecule has 2 atom stereocenters. The van der Waals surface area contributed by atoms with Crippen LogP contribution >= 0.6 is 15.9 Å². The summed E-state index contributed by atoms with van der Waals surface area (Å²) in [5.41, 5.74) is -1.12. The first-order valence-corrected chi connectivity index (χ1v) is 8.42. The van der Waals surface area contributed by atoms with Gasteiger partial charge in [-0.05, 0) is 24.6 Å². The minimum atomic E-state index is -1.28. The van der Waals surface area contributed by atoms with E-state index in [1.54, 1.807) is 0 Å². The minimum absolute atomic E-state index is 0.143. The third-order valence-corrected chi connectivity index (χ3v) is 5.23. The van der Waals surface area contributed by atoms with Crippen molar-refractivity contribution in [3.8, 4) is 0 Å². The molecule has 0 aliphatic heterocycles. The molecule has 0 spiro atoms. The highest BCUT2D eigenvalue weighted by molar-refractivity contribution is 9.10. The maximum atomic E-state index is 12.4. The van der Waals surface area contributed by atoms with Crippen LogP contribution in [0.4, 0.5) is 0 Å². The molecule has 2 rings (SSSR count). The van der Waals surface area contributed by atoms with E-state index in [0.29, 0.717) is 6.61 Å². The molecule has 2 unspecified atom stereocenters. The SMILES string of the molecule is CCOC1CC(NC(=O)Cc2cccc(Br)c2)(C(=O)O)C1(C)C. The number of carbonyl (C=O) groups is 2. The molecule has 0 radical (unpaired) electrons. The van der Waals surface area contributed by atoms with Crippen molar-refractivity contribution >= 4 is 27.8 Å². The van der Waals surface area contributed by atoms with Gasteiger partial charge in [-0.3, -0.25) is 4.79 Å². The summed E-state index contributed by atoms with van der Waals surface area (Å²) in [6, 6.07) is 7.41. The predicted molar refractivity (Wildman–Crippen MR) is 90.2 cm³/mol. The molecule has 1 aromatic carbocycles. The largest absolute Gasteiger partial charge is 0.479 e.